The maximum Gasteiger partial charge on any atom is 0.269 e. The van der Waals surface area contributed by atoms with Gasteiger partial charge in [0, 0.05) is 17.1 Å². The van der Waals surface area contributed by atoms with Crippen molar-refractivity contribution in [1.29, 1.82) is 0 Å². The number of aromatic nitrogens is 2. The molecule has 2 rings (SSSR count). The molecule has 0 unspecified atom stereocenters. The van der Waals surface area contributed by atoms with Crippen LogP contribution in [-0.4, -0.2) is 15.5 Å². The van der Waals surface area contributed by atoms with E-state index in [0.717, 1.165) is 30.0 Å². The third-order valence-electron chi connectivity index (χ3n) is 2.97. The van der Waals surface area contributed by atoms with Gasteiger partial charge in [-0.1, -0.05) is 18.5 Å². The Labute approximate surface area is 117 Å². The molecule has 100 valence electrons. The van der Waals surface area contributed by atoms with E-state index in [1.807, 2.05) is 35.8 Å². The van der Waals surface area contributed by atoms with Crippen molar-refractivity contribution in [3.63, 3.8) is 0 Å². The lowest BCUT2D eigenvalue weighted by atomic mass is 10.2. The Balaban J connectivity index is 2.59. The van der Waals surface area contributed by atoms with Crippen molar-refractivity contribution in [1.82, 2.24) is 9.55 Å². The molecule has 19 heavy (non-hydrogen) atoms. The van der Waals surface area contributed by atoms with Crippen molar-refractivity contribution in [2.24, 2.45) is 5.73 Å². The van der Waals surface area contributed by atoms with Crippen molar-refractivity contribution in [3.8, 4) is 5.69 Å². The number of carbonyl (C=O) groups excluding carboxylic acids is 1. The topological polar surface area (TPSA) is 60.9 Å². The zero-order chi connectivity index (χ0) is 14.0. The Morgan fingerprint density at radius 1 is 1.37 bits per heavy atom. The largest absolute Gasteiger partial charge is 0.364 e. The lowest BCUT2D eigenvalue weighted by Gasteiger charge is -2.09. The van der Waals surface area contributed by atoms with E-state index in [2.05, 4.69) is 11.9 Å². The normalized spacial score (nSPS) is 10.7. The molecule has 2 aromatic rings. The van der Waals surface area contributed by atoms with E-state index in [-0.39, 0.29) is 0 Å². The molecule has 0 aliphatic carbocycles. The summed E-state index contributed by atoms with van der Waals surface area (Å²) in [6.07, 6.45) is 1.74. The molecule has 0 saturated carbocycles. The zero-order valence-electron chi connectivity index (χ0n) is 11.0. The quantitative estimate of drug-likeness (QED) is 0.934. The van der Waals surface area contributed by atoms with Gasteiger partial charge in [-0.3, -0.25) is 4.79 Å². The average Bonchev–Trinajstić information content (AvgIpc) is 2.68. The molecule has 0 fully saturated rings. The van der Waals surface area contributed by atoms with Crippen LogP contribution in [0.25, 0.3) is 5.69 Å². The van der Waals surface area contributed by atoms with Crippen LogP contribution >= 0.6 is 11.6 Å². The molecule has 5 heteroatoms. The molecule has 2 N–H and O–H groups in total. The van der Waals surface area contributed by atoms with E-state index < -0.39 is 5.91 Å². The minimum Gasteiger partial charge on any atom is -0.364 e. The highest BCUT2D eigenvalue weighted by atomic mass is 35.5. The number of primary amides is 1. The van der Waals surface area contributed by atoms with Crippen LogP contribution in [0, 0.1) is 6.92 Å². The van der Waals surface area contributed by atoms with Gasteiger partial charge in [0.1, 0.15) is 11.5 Å². The van der Waals surface area contributed by atoms with Crippen LogP contribution in [0.3, 0.4) is 0 Å². The van der Waals surface area contributed by atoms with E-state index in [4.69, 9.17) is 17.3 Å². The monoisotopic (exact) mass is 277 g/mol. The first-order chi connectivity index (χ1) is 9.04. The molecule has 1 aromatic heterocycles. The highest BCUT2D eigenvalue weighted by Gasteiger charge is 2.17. The second-order valence-corrected chi connectivity index (χ2v) is 4.82. The van der Waals surface area contributed by atoms with Gasteiger partial charge in [0.05, 0.1) is 5.69 Å². The van der Waals surface area contributed by atoms with Crippen LogP contribution in [-0.2, 0) is 6.42 Å². The smallest absolute Gasteiger partial charge is 0.269 e. The zero-order valence-corrected chi connectivity index (χ0v) is 11.7. The number of rotatable bonds is 4. The van der Waals surface area contributed by atoms with Gasteiger partial charge in [-0.2, -0.15) is 0 Å². The summed E-state index contributed by atoms with van der Waals surface area (Å²) in [5, 5.41) is 0.675. The third-order valence-corrected chi connectivity index (χ3v) is 3.22. The Morgan fingerprint density at radius 3 is 2.53 bits per heavy atom. The third kappa shape index (κ3) is 2.63. The summed E-state index contributed by atoms with van der Waals surface area (Å²) in [5.74, 6) is 0.346. The Morgan fingerprint density at radius 2 is 2.00 bits per heavy atom. The Bertz CT molecular complexity index is 602. The molecule has 0 aliphatic heterocycles. The van der Waals surface area contributed by atoms with Crippen molar-refractivity contribution < 1.29 is 4.79 Å². The van der Waals surface area contributed by atoms with Gasteiger partial charge in [0.25, 0.3) is 5.91 Å². The second-order valence-electron chi connectivity index (χ2n) is 4.39. The molecule has 0 spiro atoms. The SMILES string of the molecule is CCCc1nc(C(N)=O)c(C)n1-c1ccc(Cl)cc1. The average molecular weight is 278 g/mol. The number of hydrogen-bond acceptors (Lipinski definition) is 2. The summed E-state index contributed by atoms with van der Waals surface area (Å²) in [4.78, 5) is 15.8. The minimum absolute atomic E-state index is 0.332. The lowest BCUT2D eigenvalue weighted by Crippen LogP contribution is -2.13. The molecule has 0 atom stereocenters. The van der Waals surface area contributed by atoms with Crippen LogP contribution in [0.4, 0.5) is 0 Å². The summed E-state index contributed by atoms with van der Waals surface area (Å²) in [7, 11) is 0. The maximum absolute atomic E-state index is 11.4. The number of hydrogen-bond donors (Lipinski definition) is 1. The predicted octanol–water partition coefficient (Wildman–Crippen LogP) is 2.89. The molecular formula is C14H16ClN3O. The molecule has 1 amide bonds. The fourth-order valence-corrected chi connectivity index (χ4v) is 2.24. The van der Waals surface area contributed by atoms with E-state index in [1.165, 1.54) is 0 Å². The molecule has 4 nitrogen and oxygen atoms in total. The summed E-state index contributed by atoms with van der Waals surface area (Å²) in [6.45, 7) is 3.92. The van der Waals surface area contributed by atoms with Gasteiger partial charge in [-0.25, -0.2) is 4.98 Å². The number of nitrogens with zero attached hydrogens (tertiary/aromatic N) is 2. The van der Waals surface area contributed by atoms with Crippen LogP contribution in [0.2, 0.25) is 5.02 Å². The van der Waals surface area contributed by atoms with Gasteiger partial charge >= 0.3 is 0 Å². The molecule has 1 heterocycles. The van der Waals surface area contributed by atoms with Crippen LogP contribution < -0.4 is 5.73 Å². The maximum atomic E-state index is 11.4. The second kappa shape index (κ2) is 5.45. The van der Waals surface area contributed by atoms with Crippen LogP contribution in [0.15, 0.2) is 24.3 Å². The van der Waals surface area contributed by atoms with Crippen LogP contribution in [0.5, 0.6) is 0 Å². The highest BCUT2D eigenvalue weighted by Crippen LogP contribution is 2.20. The molecule has 0 saturated heterocycles. The highest BCUT2D eigenvalue weighted by molar-refractivity contribution is 6.30. The number of carbonyl (C=O) groups is 1. The fourth-order valence-electron chi connectivity index (χ4n) is 2.12. The first-order valence-electron chi connectivity index (χ1n) is 6.18. The number of imidazole rings is 1. The minimum atomic E-state index is -0.498. The van der Waals surface area contributed by atoms with Gasteiger partial charge in [0.2, 0.25) is 0 Å². The Hall–Kier alpha value is -1.81. The first-order valence-corrected chi connectivity index (χ1v) is 6.56. The molecular weight excluding hydrogens is 262 g/mol. The van der Waals surface area contributed by atoms with Gasteiger partial charge < -0.3 is 10.3 Å². The Kier molecular flexibility index (Phi) is 3.90. The van der Waals surface area contributed by atoms with E-state index >= 15 is 0 Å². The van der Waals surface area contributed by atoms with Crippen LogP contribution in [0.1, 0.15) is 35.4 Å². The lowest BCUT2D eigenvalue weighted by molar-refractivity contribution is 0.0995. The van der Waals surface area contributed by atoms with E-state index in [1.54, 1.807) is 0 Å². The molecule has 0 radical (unpaired) electrons. The summed E-state index contributed by atoms with van der Waals surface area (Å²) >= 11 is 5.90. The van der Waals surface area contributed by atoms with Crippen molar-refractivity contribution in [3.05, 3.63) is 46.5 Å². The summed E-state index contributed by atoms with van der Waals surface area (Å²) in [5.41, 5.74) is 7.39. The number of halogens is 1. The van der Waals surface area contributed by atoms with E-state index in [9.17, 15) is 4.79 Å². The summed E-state index contributed by atoms with van der Waals surface area (Å²) < 4.78 is 1.96. The molecule has 1 aromatic carbocycles. The van der Waals surface area contributed by atoms with Gasteiger partial charge in [-0.15, -0.1) is 0 Å². The van der Waals surface area contributed by atoms with Crippen molar-refractivity contribution in [2.75, 3.05) is 0 Å². The van der Waals surface area contributed by atoms with E-state index in [0.29, 0.717) is 10.7 Å². The van der Waals surface area contributed by atoms with Gasteiger partial charge in [0.15, 0.2) is 0 Å². The molecule has 0 aliphatic rings. The molecule has 0 bridgehead atoms. The number of nitrogens with two attached hydrogens (primary N) is 1. The standard InChI is InChI=1S/C14H16ClN3O/c1-3-4-12-17-13(14(16)19)9(2)18(12)11-7-5-10(15)6-8-11/h5-8H,3-4H2,1-2H3,(H2,16,19). The number of aryl methyl sites for hydroxylation is 1. The van der Waals surface area contributed by atoms with Crippen molar-refractivity contribution >= 4 is 17.5 Å². The number of amides is 1. The van der Waals surface area contributed by atoms with Crippen molar-refractivity contribution in [2.45, 2.75) is 26.7 Å². The summed E-state index contributed by atoms with van der Waals surface area (Å²) in [6, 6.07) is 7.44. The fraction of sp³-hybridized carbons (Fsp3) is 0.286. The number of benzene rings is 1. The van der Waals surface area contributed by atoms with Gasteiger partial charge in [-0.05, 0) is 37.6 Å². The predicted molar refractivity (Wildman–Crippen MR) is 75.8 cm³/mol. The first kappa shape index (κ1) is 13.6.